The molecule has 0 aliphatic rings. The van der Waals surface area contributed by atoms with Crippen molar-refractivity contribution < 1.29 is 14.3 Å². The lowest BCUT2D eigenvalue weighted by Crippen LogP contribution is -2.07. The van der Waals surface area contributed by atoms with Crippen LogP contribution < -0.4 is 4.74 Å². The highest BCUT2D eigenvalue weighted by molar-refractivity contribution is 6.33. The van der Waals surface area contributed by atoms with Crippen molar-refractivity contribution in [1.29, 1.82) is 0 Å². The molecule has 0 N–H and O–H groups in total. The summed E-state index contributed by atoms with van der Waals surface area (Å²) < 4.78 is 10.8. The molecule has 0 saturated carbocycles. The van der Waals surface area contributed by atoms with Gasteiger partial charge in [-0.3, -0.25) is 4.79 Å². The van der Waals surface area contributed by atoms with Crippen LogP contribution in [0.15, 0.2) is 18.2 Å². The van der Waals surface area contributed by atoms with Gasteiger partial charge < -0.3 is 9.47 Å². The van der Waals surface area contributed by atoms with E-state index in [0.29, 0.717) is 29.5 Å². The Hall–Kier alpha value is -1.06. The minimum atomic E-state index is 0.407. The van der Waals surface area contributed by atoms with Crippen LogP contribution in [0.25, 0.3) is 0 Å². The van der Waals surface area contributed by atoms with Gasteiger partial charge in [-0.05, 0) is 24.6 Å². The molecule has 3 nitrogen and oxygen atoms in total. The number of benzene rings is 1. The minimum Gasteiger partial charge on any atom is -0.491 e. The van der Waals surface area contributed by atoms with E-state index in [-0.39, 0.29) is 0 Å². The fraction of sp³-hybridized carbons (Fsp3) is 0.462. The van der Waals surface area contributed by atoms with Gasteiger partial charge in [-0.15, -0.1) is 0 Å². The largest absolute Gasteiger partial charge is 0.491 e. The van der Waals surface area contributed by atoms with Gasteiger partial charge >= 0.3 is 0 Å². The normalized spacial score (nSPS) is 10.2. The van der Waals surface area contributed by atoms with E-state index in [4.69, 9.17) is 21.1 Å². The molecule has 0 aliphatic heterocycles. The first-order valence-electron chi connectivity index (χ1n) is 5.73. The van der Waals surface area contributed by atoms with Crippen LogP contribution in [0.2, 0.25) is 5.02 Å². The number of aldehydes is 1. The van der Waals surface area contributed by atoms with Crippen molar-refractivity contribution in [1.82, 2.24) is 0 Å². The molecule has 1 rings (SSSR count). The van der Waals surface area contributed by atoms with Crippen molar-refractivity contribution in [2.24, 2.45) is 0 Å². The SMILES string of the molecule is CCCCOCCOc1ccc(C=O)c(Cl)c1. The third kappa shape index (κ3) is 5.20. The lowest BCUT2D eigenvalue weighted by molar-refractivity contribution is 0.0980. The number of carbonyl (C=O) groups is 1. The zero-order valence-corrected chi connectivity index (χ0v) is 10.7. The van der Waals surface area contributed by atoms with E-state index in [9.17, 15) is 4.79 Å². The summed E-state index contributed by atoms with van der Waals surface area (Å²) >= 11 is 5.87. The van der Waals surface area contributed by atoms with E-state index in [1.807, 2.05) is 0 Å². The van der Waals surface area contributed by atoms with E-state index in [1.165, 1.54) is 0 Å². The molecule has 0 amide bonds. The Labute approximate surface area is 107 Å². The first-order valence-corrected chi connectivity index (χ1v) is 6.11. The highest BCUT2D eigenvalue weighted by Crippen LogP contribution is 2.21. The van der Waals surface area contributed by atoms with Crippen molar-refractivity contribution in [3.63, 3.8) is 0 Å². The topological polar surface area (TPSA) is 35.5 Å². The highest BCUT2D eigenvalue weighted by atomic mass is 35.5. The summed E-state index contributed by atoms with van der Waals surface area (Å²) in [5, 5.41) is 0.407. The first kappa shape index (κ1) is 14.0. The molecule has 0 bridgehead atoms. The molecule has 17 heavy (non-hydrogen) atoms. The fourth-order valence-corrected chi connectivity index (χ4v) is 1.48. The minimum absolute atomic E-state index is 0.407. The van der Waals surface area contributed by atoms with Crippen LogP contribution in [0.4, 0.5) is 0 Å². The molecule has 4 heteroatoms. The van der Waals surface area contributed by atoms with Crippen molar-refractivity contribution in [3.8, 4) is 5.75 Å². The van der Waals surface area contributed by atoms with Crippen LogP contribution in [0.5, 0.6) is 5.75 Å². The molecule has 0 saturated heterocycles. The van der Waals surface area contributed by atoms with Gasteiger partial charge in [-0.2, -0.15) is 0 Å². The van der Waals surface area contributed by atoms with Gasteiger partial charge in [-0.25, -0.2) is 0 Å². The van der Waals surface area contributed by atoms with Crippen molar-refractivity contribution in [2.45, 2.75) is 19.8 Å². The Morgan fingerprint density at radius 3 is 2.76 bits per heavy atom. The van der Waals surface area contributed by atoms with E-state index >= 15 is 0 Å². The Balaban J connectivity index is 2.27. The molecular formula is C13H17ClO3. The van der Waals surface area contributed by atoms with Gasteiger partial charge in [0.05, 0.1) is 11.6 Å². The zero-order valence-electron chi connectivity index (χ0n) is 9.95. The molecule has 0 spiro atoms. The van der Waals surface area contributed by atoms with E-state index in [2.05, 4.69) is 6.92 Å². The molecule has 0 aromatic heterocycles. The number of unbranched alkanes of at least 4 members (excludes halogenated alkanes) is 1. The van der Waals surface area contributed by atoms with Crippen molar-refractivity contribution >= 4 is 17.9 Å². The van der Waals surface area contributed by atoms with Gasteiger partial charge in [0.2, 0.25) is 0 Å². The second-order valence-electron chi connectivity index (χ2n) is 3.62. The van der Waals surface area contributed by atoms with Gasteiger partial charge in [0.25, 0.3) is 0 Å². The van der Waals surface area contributed by atoms with Crippen LogP contribution in [-0.4, -0.2) is 26.1 Å². The highest BCUT2D eigenvalue weighted by Gasteiger charge is 2.01. The number of hydrogen-bond acceptors (Lipinski definition) is 3. The standard InChI is InChI=1S/C13H17ClO3/c1-2-3-6-16-7-8-17-12-5-4-11(10-15)13(14)9-12/h4-5,9-10H,2-3,6-8H2,1H3. The Morgan fingerprint density at radius 2 is 2.12 bits per heavy atom. The lowest BCUT2D eigenvalue weighted by Gasteiger charge is -2.07. The van der Waals surface area contributed by atoms with E-state index in [1.54, 1.807) is 18.2 Å². The average Bonchev–Trinajstić information content (AvgIpc) is 2.34. The average molecular weight is 257 g/mol. The summed E-state index contributed by atoms with van der Waals surface area (Å²) in [5.41, 5.74) is 0.471. The smallest absolute Gasteiger partial charge is 0.151 e. The molecule has 1 aromatic rings. The maximum Gasteiger partial charge on any atom is 0.151 e. The summed E-state index contributed by atoms with van der Waals surface area (Å²) in [5.74, 6) is 0.652. The monoisotopic (exact) mass is 256 g/mol. The summed E-state index contributed by atoms with van der Waals surface area (Å²) in [7, 11) is 0. The number of carbonyl (C=O) groups excluding carboxylic acids is 1. The molecule has 0 unspecified atom stereocenters. The first-order chi connectivity index (χ1) is 8.27. The molecule has 0 heterocycles. The van der Waals surface area contributed by atoms with Crippen molar-refractivity contribution in [2.75, 3.05) is 19.8 Å². The Bertz CT molecular complexity index is 353. The van der Waals surface area contributed by atoms with E-state index < -0.39 is 0 Å². The van der Waals surface area contributed by atoms with Crippen LogP contribution in [-0.2, 0) is 4.74 Å². The summed E-state index contributed by atoms with van der Waals surface area (Å²) in [6.07, 6.45) is 2.92. The van der Waals surface area contributed by atoms with Crippen LogP contribution in [0.3, 0.4) is 0 Å². The summed E-state index contributed by atoms with van der Waals surface area (Å²) in [6, 6.07) is 5.00. The predicted octanol–water partition coefficient (Wildman–Crippen LogP) is 3.35. The molecule has 1 aromatic carbocycles. The fourth-order valence-electron chi connectivity index (χ4n) is 1.26. The molecule has 0 aliphatic carbocycles. The third-order valence-electron chi connectivity index (χ3n) is 2.24. The van der Waals surface area contributed by atoms with E-state index in [0.717, 1.165) is 25.7 Å². The van der Waals surface area contributed by atoms with Gasteiger partial charge in [0.15, 0.2) is 6.29 Å². The van der Waals surface area contributed by atoms with Gasteiger partial charge in [-0.1, -0.05) is 24.9 Å². The van der Waals surface area contributed by atoms with Crippen LogP contribution in [0, 0.1) is 0 Å². The number of ether oxygens (including phenoxy) is 2. The van der Waals surface area contributed by atoms with Gasteiger partial charge in [0.1, 0.15) is 12.4 Å². The number of halogens is 1. The Morgan fingerprint density at radius 1 is 1.29 bits per heavy atom. The quantitative estimate of drug-likeness (QED) is 0.529. The number of rotatable bonds is 8. The van der Waals surface area contributed by atoms with Crippen LogP contribution >= 0.6 is 11.6 Å². The van der Waals surface area contributed by atoms with Gasteiger partial charge in [0, 0.05) is 12.2 Å². The summed E-state index contributed by atoms with van der Waals surface area (Å²) in [6.45, 7) is 3.94. The molecule has 0 fully saturated rings. The molecule has 0 radical (unpaired) electrons. The maximum absolute atomic E-state index is 10.6. The Kier molecular flexibility index (Phi) is 6.67. The second-order valence-corrected chi connectivity index (χ2v) is 4.02. The number of hydrogen-bond donors (Lipinski definition) is 0. The molecule has 94 valence electrons. The predicted molar refractivity (Wildman–Crippen MR) is 68.1 cm³/mol. The zero-order chi connectivity index (χ0) is 12.5. The van der Waals surface area contributed by atoms with Crippen molar-refractivity contribution in [3.05, 3.63) is 28.8 Å². The summed E-state index contributed by atoms with van der Waals surface area (Å²) in [4.78, 5) is 10.6. The molecular weight excluding hydrogens is 240 g/mol. The lowest BCUT2D eigenvalue weighted by atomic mass is 10.2. The third-order valence-corrected chi connectivity index (χ3v) is 2.56. The van der Waals surface area contributed by atoms with Crippen LogP contribution in [0.1, 0.15) is 30.1 Å². The maximum atomic E-state index is 10.6. The molecule has 0 atom stereocenters. The second kappa shape index (κ2) is 8.09.